The summed E-state index contributed by atoms with van der Waals surface area (Å²) < 4.78 is 0. The van der Waals surface area contributed by atoms with Crippen molar-refractivity contribution in [3.63, 3.8) is 0 Å². The zero-order chi connectivity index (χ0) is 20.0. The molecule has 2 atom stereocenters. The van der Waals surface area contributed by atoms with Gasteiger partial charge < -0.3 is 20.8 Å². The second-order valence-electron chi connectivity index (χ2n) is 6.82. The molecule has 0 bridgehead atoms. The fraction of sp³-hybridized carbons (Fsp3) is 0.350. The highest BCUT2D eigenvalue weighted by atomic mass is 16.4. The fourth-order valence-electron chi connectivity index (χ4n) is 2.86. The Morgan fingerprint density at radius 3 is 2.19 bits per heavy atom. The van der Waals surface area contributed by atoms with Crippen LogP contribution in [0.3, 0.4) is 0 Å². The van der Waals surface area contributed by atoms with E-state index in [1.165, 1.54) is 0 Å². The summed E-state index contributed by atoms with van der Waals surface area (Å²) in [7, 11) is 0. The number of hydrogen-bond donors (Lipinski definition) is 4. The maximum absolute atomic E-state index is 12.6. The van der Waals surface area contributed by atoms with Crippen LogP contribution in [0.1, 0.15) is 30.6 Å². The normalized spacial score (nSPS) is 13.3. The van der Waals surface area contributed by atoms with E-state index in [-0.39, 0.29) is 12.5 Å². The van der Waals surface area contributed by atoms with Crippen LogP contribution in [0.4, 0.5) is 0 Å². The Labute approximate surface area is 157 Å². The Morgan fingerprint density at radius 2 is 1.56 bits per heavy atom. The molecule has 2 rings (SSSR count). The van der Waals surface area contributed by atoms with Gasteiger partial charge >= 0.3 is 11.9 Å². The average molecular weight is 372 g/mol. The number of carbonyl (C=O) groups is 3. The number of hydrogen-bond acceptors (Lipinski definition) is 4. The molecule has 0 fully saturated rings. The van der Waals surface area contributed by atoms with Crippen molar-refractivity contribution in [2.75, 3.05) is 6.54 Å². The molecule has 0 saturated carbocycles. The number of carbonyl (C=O) groups excluding carboxylic acids is 1. The molecule has 144 valence electrons. The van der Waals surface area contributed by atoms with Gasteiger partial charge in [0.1, 0.15) is 12.1 Å². The van der Waals surface area contributed by atoms with Crippen molar-refractivity contribution in [1.82, 2.24) is 10.6 Å². The van der Waals surface area contributed by atoms with Gasteiger partial charge in [-0.15, -0.1) is 0 Å². The fourth-order valence-corrected chi connectivity index (χ4v) is 2.86. The standard InChI is InChI=1S/C20H24N2O5/c1-12(2)10-16(19(24)25)21-11-17(20(26)27)22-18(23)15-9-5-7-13-6-3-4-8-14(13)15/h3-9,12,16-17,21H,10-11H2,1-2H3,(H,22,23)(H,24,25)(H,26,27). The topological polar surface area (TPSA) is 116 Å². The minimum absolute atomic E-state index is 0.132. The maximum atomic E-state index is 12.6. The number of aliphatic carboxylic acids is 2. The summed E-state index contributed by atoms with van der Waals surface area (Å²) in [6, 6.07) is 10.4. The van der Waals surface area contributed by atoms with Crippen molar-refractivity contribution in [3.05, 3.63) is 48.0 Å². The average Bonchev–Trinajstić information content (AvgIpc) is 2.62. The van der Waals surface area contributed by atoms with Gasteiger partial charge in [0.05, 0.1) is 0 Å². The maximum Gasteiger partial charge on any atom is 0.327 e. The van der Waals surface area contributed by atoms with Gasteiger partial charge in [-0.2, -0.15) is 0 Å². The van der Waals surface area contributed by atoms with E-state index in [1.54, 1.807) is 24.3 Å². The summed E-state index contributed by atoms with van der Waals surface area (Å²) in [6.07, 6.45) is 0.360. The van der Waals surface area contributed by atoms with Crippen LogP contribution in [-0.4, -0.2) is 46.7 Å². The van der Waals surface area contributed by atoms with Gasteiger partial charge in [-0.1, -0.05) is 50.2 Å². The summed E-state index contributed by atoms with van der Waals surface area (Å²) >= 11 is 0. The van der Waals surface area contributed by atoms with Crippen LogP contribution in [0.15, 0.2) is 42.5 Å². The van der Waals surface area contributed by atoms with Crippen LogP contribution in [-0.2, 0) is 9.59 Å². The van der Waals surface area contributed by atoms with Gasteiger partial charge in [-0.3, -0.25) is 9.59 Å². The Hall–Kier alpha value is -2.93. The lowest BCUT2D eigenvalue weighted by atomic mass is 10.0. The third-order valence-corrected chi connectivity index (χ3v) is 4.21. The molecule has 0 aliphatic rings. The molecule has 0 aliphatic heterocycles. The number of fused-ring (bicyclic) bond motifs is 1. The Kier molecular flexibility index (Phi) is 6.90. The van der Waals surface area contributed by atoms with E-state index < -0.39 is 29.9 Å². The summed E-state index contributed by atoms with van der Waals surface area (Å²) in [5.41, 5.74) is 0.372. The van der Waals surface area contributed by atoms with E-state index >= 15 is 0 Å². The van der Waals surface area contributed by atoms with Crippen LogP contribution < -0.4 is 10.6 Å². The highest BCUT2D eigenvalue weighted by Gasteiger charge is 2.25. The van der Waals surface area contributed by atoms with Crippen molar-refractivity contribution in [2.45, 2.75) is 32.4 Å². The Morgan fingerprint density at radius 1 is 0.926 bits per heavy atom. The summed E-state index contributed by atoms with van der Waals surface area (Å²) in [6.45, 7) is 3.58. The quantitative estimate of drug-likeness (QED) is 0.536. The monoisotopic (exact) mass is 372 g/mol. The minimum atomic E-state index is -1.24. The predicted molar refractivity (Wildman–Crippen MR) is 102 cm³/mol. The van der Waals surface area contributed by atoms with Crippen LogP contribution in [0.5, 0.6) is 0 Å². The van der Waals surface area contributed by atoms with Crippen molar-refractivity contribution >= 4 is 28.6 Å². The molecule has 0 saturated heterocycles. The SMILES string of the molecule is CC(C)CC(NCC(NC(=O)c1cccc2ccccc12)C(=O)O)C(=O)O. The zero-order valence-electron chi connectivity index (χ0n) is 15.3. The summed E-state index contributed by atoms with van der Waals surface area (Å²) in [4.78, 5) is 35.5. The van der Waals surface area contributed by atoms with E-state index in [0.717, 1.165) is 10.8 Å². The number of amides is 1. The van der Waals surface area contributed by atoms with Gasteiger partial charge in [0, 0.05) is 12.1 Å². The van der Waals surface area contributed by atoms with E-state index in [9.17, 15) is 24.6 Å². The molecule has 2 aromatic carbocycles. The minimum Gasteiger partial charge on any atom is -0.480 e. The molecule has 2 aromatic rings. The molecular formula is C20H24N2O5. The number of carboxylic acids is 2. The van der Waals surface area contributed by atoms with Crippen LogP contribution in [0, 0.1) is 5.92 Å². The van der Waals surface area contributed by atoms with Crippen LogP contribution in [0.2, 0.25) is 0 Å². The van der Waals surface area contributed by atoms with E-state index in [0.29, 0.717) is 12.0 Å². The number of benzene rings is 2. The molecule has 0 spiro atoms. The van der Waals surface area contributed by atoms with Crippen molar-refractivity contribution in [1.29, 1.82) is 0 Å². The first-order chi connectivity index (χ1) is 12.8. The predicted octanol–water partition coefficient (Wildman–Crippen LogP) is 2.11. The molecule has 0 aliphatic carbocycles. The van der Waals surface area contributed by atoms with Crippen LogP contribution >= 0.6 is 0 Å². The number of nitrogens with one attached hydrogen (secondary N) is 2. The second kappa shape index (κ2) is 9.14. The van der Waals surface area contributed by atoms with Crippen LogP contribution in [0.25, 0.3) is 10.8 Å². The Bertz CT molecular complexity index is 829. The molecule has 1 amide bonds. The molecule has 4 N–H and O–H groups in total. The van der Waals surface area contributed by atoms with Crippen molar-refractivity contribution in [2.24, 2.45) is 5.92 Å². The largest absolute Gasteiger partial charge is 0.480 e. The van der Waals surface area contributed by atoms with Gasteiger partial charge in [0.2, 0.25) is 0 Å². The molecule has 2 unspecified atom stereocenters. The molecule has 0 aromatic heterocycles. The second-order valence-corrected chi connectivity index (χ2v) is 6.82. The number of rotatable bonds is 9. The third-order valence-electron chi connectivity index (χ3n) is 4.21. The lowest BCUT2D eigenvalue weighted by Crippen LogP contribution is -2.51. The van der Waals surface area contributed by atoms with E-state index in [4.69, 9.17) is 0 Å². The van der Waals surface area contributed by atoms with Gasteiger partial charge in [-0.05, 0) is 29.2 Å². The smallest absolute Gasteiger partial charge is 0.327 e. The first-order valence-corrected chi connectivity index (χ1v) is 8.77. The van der Waals surface area contributed by atoms with Gasteiger partial charge in [-0.25, -0.2) is 4.79 Å². The number of carboxylic acid groups (broad SMARTS) is 2. The third kappa shape index (κ3) is 5.52. The molecule has 27 heavy (non-hydrogen) atoms. The highest BCUT2D eigenvalue weighted by molar-refractivity contribution is 6.07. The molecule has 7 heteroatoms. The molecular weight excluding hydrogens is 348 g/mol. The van der Waals surface area contributed by atoms with E-state index in [2.05, 4.69) is 10.6 Å². The summed E-state index contributed by atoms with van der Waals surface area (Å²) in [5, 5.41) is 25.5. The van der Waals surface area contributed by atoms with E-state index in [1.807, 2.05) is 32.0 Å². The highest BCUT2D eigenvalue weighted by Crippen LogP contribution is 2.18. The lowest BCUT2D eigenvalue weighted by molar-refractivity contribution is -0.142. The summed E-state index contributed by atoms with van der Waals surface area (Å²) in [5.74, 6) is -2.66. The first kappa shape index (κ1) is 20.4. The zero-order valence-corrected chi connectivity index (χ0v) is 15.3. The molecule has 0 radical (unpaired) electrons. The van der Waals surface area contributed by atoms with Gasteiger partial charge in [0.25, 0.3) is 5.91 Å². The first-order valence-electron chi connectivity index (χ1n) is 8.77. The van der Waals surface area contributed by atoms with Gasteiger partial charge in [0.15, 0.2) is 0 Å². The van der Waals surface area contributed by atoms with Crippen molar-refractivity contribution in [3.8, 4) is 0 Å². The molecule has 7 nitrogen and oxygen atoms in total. The Balaban J connectivity index is 2.12. The lowest BCUT2D eigenvalue weighted by Gasteiger charge is -2.20. The van der Waals surface area contributed by atoms with Crippen molar-refractivity contribution < 1.29 is 24.6 Å². The molecule has 0 heterocycles.